The van der Waals surface area contributed by atoms with Crippen molar-refractivity contribution in [2.24, 2.45) is 7.05 Å². The van der Waals surface area contributed by atoms with Crippen LogP contribution in [0.3, 0.4) is 0 Å². The van der Waals surface area contributed by atoms with Gasteiger partial charge in [0.05, 0.1) is 12.1 Å². The van der Waals surface area contributed by atoms with Crippen molar-refractivity contribution in [1.82, 2.24) is 15.2 Å². The molecule has 0 aliphatic carbocycles. The number of allylic oxidation sites excluding steroid dienone is 2. The summed E-state index contributed by atoms with van der Waals surface area (Å²) >= 11 is 0. The highest BCUT2D eigenvalue weighted by Crippen LogP contribution is 2.22. The van der Waals surface area contributed by atoms with Crippen molar-refractivity contribution < 1.29 is 24.3 Å². The smallest absolute Gasteiger partial charge is 0.352 e. The van der Waals surface area contributed by atoms with E-state index >= 15 is 0 Å². The summed E-state index contributed by atoms with van der Waals surface area (Å²) in [4.78, 5) is 47.9. The van der Waals surface area contributed by atoms with E-state index in [9.17, 15) is 19.2 Å². The normalized spacial score (nSPS) is 10.6. The third-order valence-corrected chi connectivity index (χ3v) is 3.69. The van der Waals surface area contributed by atoms with E-state index < -0.39 is 23.6 Å². The summed E-state index contributed by atoms with van der Waals surface area (Å²) in [7, 11) is 1.53. The van der Waals surface area contributed by atoms with Crippen LogP contribution in [0, 0.1) is 26.2 Å². The van der Waals surface area contributed by atoms with Crippen LogP contribution >= 0.6 is 0 Å². The Morgan fingerprint density at radius 3 is 2.42 bits per heavy atom. The maximum absolute atomic E-state index is 12.5. The molecule has 26 heavy (non-hydrogen) atoms. The number of carbonyl (C=O) groups is 4. The molecule has 1 aromatic rings. The highest BCUT2D eigenvalue weighted by atomic mass is 16.4. The molecule has 3 N–H and O–H groups in total. The lowest BCUT2D eigenvalue weighted by Gasteiger charge is -2.08. The largest absolute Gasteiger partial charge is 0.477 e. The second kappa shape index (κ2) is 8.48. The summed E-state index contributed by atoms with van der Waals surface area (Å²) in [5.74, 6) is -1.59. The Balaban J connectivity index is 3.30. The summed E-state index contributed by atoms with van der Waals surface area (Å²) in [6, 6.07) is 0. The van der Waals surface area contributed by atoms with Crippen molar-refractivity contribution in [3.05, 3.63) is 46.9 Å². The van der Waals surface area contributed by atoms with E-state index in [0.717, 1.165) is 6.08 Å². The number of nitrogens with zero attached hydrogens (tertiary/aromatic N) is 1. The summed E-state index contributed by atoms with van der Waals surface area (Å²) in [6.07, 6.45) is 7.39. The van der Waals surface area contributed by atoms with Gasteiger partial charge in [0.25, 0.3) is 17.6 Å². The van der Waals surface area contributed by atoms with Gasteiger partial charge in [-0.05, 0) is 25.5 Å². The summed E-state index contributed by atoms with van der Waals surface area (Å²) in [5, 5.41) is 13.6. The van der Waals surface area contributed by atoms with E-state index in [4.69, 9.17) is 11.5 Å². The van der Waals surface area contributed by atoms with Gasteiger partial charge in [-0.2, -0.15) is 0 Å². The number of carboxylic acid groups (broad SMARTS) is 1. The fraction of sp³-hybridized carbons (Fsp3) is 0.222. The van der Waals surface area contributed by atoms with E-state index in [2.05, 4.69) is 23.1 Å². The molecule has 0 spiro atoms. The van der Waals surface area contributed by atoms with Gasteiger partial charge in [0.1, 0.15) is 11.4 Å². The van der Waals surface area contributed by atoms with Crippen LogP contribution in [-0.4, -0.2) is 39.8 Å². The number of carboxylic acids is 1. The molecule has 0 aromatic carbocycles. The predicted molar refractivity (Wildman–Crippen MR) is 94.4 cm³/mol. The molecular weight excluding hydrogens is 338 g/mol. The predicted octanol–water partition coefficient (Wildman–Crippen LogP) is 0.458. The molecule has 0 aliphatic heterocycles. The molecule has 136 valence electrons. The van der Waals surface area contributed by atoms with Crippen LogP contribution in [0.4, 0.5) is 0 Å². The van der Waals surface area contributed by atoms with Crippen LogP contribution in [0.5, 0.6) is 0 Å². The van der Waals surface area contributed by atoms with Crippen LogP contribution in [0.2, 0.25) is 0 Å². The molecule has 1 rings (SSSR count). The molecule has 2 amide bonds. The lowest BCUT2D eigenvalue weighted by Crippen LogP contribution is -2.32. The third-order valence-electron chi connectivity index (χ3n) is 3.69. The third kappa shape index (κ3) is 4.08. The SMILES string of the molecule is C#CCNC(=O)C(=O)c1c(C)c(C(=O)N/C(=C/C=C)C(=O)O)n(C)c1C. The maximum atomic E-state index is 12.5. The van der Waals surface area contributed by atoms with Crippen LogP contribution in [0.15, 0.2) is 24.4 Å². The van der Waals surface area contributed by atoms with E-state index in [1.807, 2.05) is 0 Å². The minimum atomic E-state index is -1.34. The quantitative estimate of drug-likeness (QED) is 0.215. The zero-order valence-electron chi connectivity index (χ0n) is 14.7. The fourth-order valence-electron chi connectivity index (χ4n) is 2.42. The molecular formula is C18H19N3O5. The molecule has 1 aromatic heterocycles. The number of rotatable bonds is 7. The van der Waals surface area contributed by atoms with Crippen LogP contribution in [0.1, 0.15) is 32.1 Å². The number of ketones is 1. The van der Waals surface area contributed by atoms with Gasteiger partial charge in [-0.25, -0.2) is 4.79 Å². The highest BCUT2D eigenvalue weighted by molar-refractivity contribution is 6.43. The van der Waals surface area contributed by atoms with Crippen LogP contribution in [0.25, 0.3) is 0 Å². The van der Waals surface area contributed by atoms with E-state index in [1.54, 1.807) is 6.92 Å². The molecule has 0 saturated carbocycles. The van der Waals surface area contributed by atoms with Crippen LogP contribution in [-0.2, 0) is 16.6 Å². The maximum Gasteiger partial charge on any atom is 0.352 e. The van der Waals surface area contributed by atoms with E-state index in [-0.39, 0.29) is 29.1 Å². The van der Waals surface area contributed by atoms with Crippen molar-refractivity contribution in [2.75, 3.05) is 6.54 Å². The number of aliphatic carboxylic acids is 1. The first-order chi connectivity index (χ1) is 12.2. The number of Topliss-reactive ketones (excluding diaryl/α,β-unsaturated/α-hetero) is 1. The van der Waals surface area contributed by atoms with Crippen molar-refractivity contribution >= 4 is 23.6 Å². The Kier molecular flexibility index (Phi) is 6.67. The number of amides is 2. The summed E-state index contributed by atoms with van der Waals surface area (Å²) in [5.41, 5.74) is 0.399. The molecule has 8 nitrogen and oxygen atoms in total. The number of hydrogen-bond donors (Lipinski definition) is 3. The standard InChI is InChI=1S/C18H19N3O5/c1-6-8-12(18(25)26)20-16(23)14-10(3)13(11(4)21(14)5)15(22)17(24)19-9-7-2/h2,6,8H,1,9H2,3-5H3,(H,19,24)(H,20,23)(H,25,26)/b12-8+. The second-order valence-electron chi connectivity index (χ2n) is 5.28. The Bertz CT molecular complexity index is 868. The lowest BCUT2D eigenvalue weighted by molar-refractivity contribution is -0.133. The molecule has 1 heterocycles. The second-order valence-corrected chi connectivity index (χ2v) is 5.28. The zero-order valence-corrected chi connectivity index (χ0v) is 14.7. The van der Waals surface area contributed by atoms with Crippen molar-refractivity contribution in [3.8, 4) is 12.3 Å². The number of hydrogen-bond acceptors (Lipinski definition) is 4. The van der Waals surface area contributed by atoms with Crippen molar-refractivity contribution in [2.45, 2.75) is 13.8 Å². The molecule has 0 unspecified atom stereocenters. The van der Waals surface area contributed by atoms with Gasteiger partial charge in [-0.3, -0.25) is 14.4 Å². The summed E-state index contributed by atoms with van der Waals surface area (Å²) in [6.45, 7) is 6.36. The van der Waals surface area contributed by atoms with Gasteiger partial charge in [0.2, 0.25) is 0 Å². The molecule has 8 heteroatoms. The Morgan fingerprint density at radius 2 is 1.92 bits per heavy atom. The number of terminal acetylenes is 1. The number of nitrogens with one attached hydrogen (secondary N) is 2. The topological polar surface area (TPSA) is 118 Å². The fourth-order valence-corrected chi connectivity index (χ4v) is 2.42. The van der Waals surface area contributed by atoms with Gasteiger partial charge in [0, 0.05) is 12.7 Å². The van der Waals surface area contributed by atoms with Gasteiger partial charge in [0.15, 0.2) is 0 Å². The molecule has 0 saturated heterocycles. The molecule has 0 atom stereocenters. The Labute approximate surface area is 150 Å². The molecule has 0 aliphatic rings. The van der Waals surface area contributed by atoms with Gasteiger partial charge in [-0.15, -0.1) is 6.42 Å². The average molecular weight is 357 g/mol. The van der Waals surface area contributed by atoms with Crippen molar-refractivity contribution in [1.29, 1.82) is 0 Å². The number of aromatic nitrogens is 1. The monoisotopic (exact) mass is 357 g/mol. The summed E-state index contributed by atoms with van der Waals surface area (Å²) < 4.78 is 1.42. The first kappa shape index (κ1) is 20.4. The molecule has 0 radical (unpaired) electrons. The zero-order chi connectivity index (χ0) is 20.0. The van der Waals surface area contributed by atoms with E-state index in [1.165, 1.54) is 24.6 Å². The van der Waals surface area contributed by atoms with Gasteiger partial charge >= 0.3 is 5.97 Å². The first-order valence-electron chi connectivity index (χ1n) is 7.46. The molecule has 0 bridgehead atoms. The van der Waals surface area contributed by atoms with Gasteiger partial charge in [-0.1, -0.05) is 18.6 Å². The number of carbonyl (C=O) groups excluding carboxylic acids is 3. The average Bonchev–Trinajstić information content (AvgIpc) is 2.80. The van der Waals surface area contributed by atoms with Gasteiger partial charge < -0.3 is 20.3 Å². The van der Waals surface area contributed by atoms with E-state index in [0.29, 0.717) is 5.69 Å². The molecule has 0 fully saturated rings. The lowest BCUT2D eigenvalue weighted by atomic mass is 10.0. The minimum absolute atomic E-state index is 0.0619. The first-order valence-corrected chi connectivity index (χ1v) is 7.46. The van der Waals surface area contributed by atoms with Crippen LogP contribution < -0.4 is 10.6 Å². The minimum Gasteiger partial charge on any atom is -0.477 e. The Hall–Kier alpha value is -3.60. The van der Waals surface area contributed by atoms with Crippen molar-refractivity contribution in [3.63, 3.8) is 0 Å². The highest BCUT2D eigenvalue weighted by Gasteiger charge is 2.28. The Morgan fingerprint density at radius 1 is 1.31 bits per heavy atom.